The second-order valence-electron chi connectivity index (χ2n) is 4.08. The molecule has 5 nitrogen and oxygen atoms in total. The van der Waals surface area contributed by atoms with Crippen LogP contribution in [-0.2, 0) is 0 Å². The van der Waals surface area contributed by atoms with E-state index in [1.54, 1.807) is 13.0 Å². The molecule has 3 rings (SSSR count). The van der Waals surface area contributed by atoms with Crippen LogP contribution in [-0.4, -0.2) is 26.6 Å². The minimum Gasteiger partial charge on any atom is -0.493 e. The van der Waals surface area contributed by atoms with Crippen molar-refractivity contribution in [2.75, 3.05) is 0 Å². The van der Waals surface area contributed by atoms with E-state index < -0.39 is 0 Å². The van der Waals surface area contributed by atoms with Crippen molar-refractivity contribution in [3.05, 3.63) is 52.5 Å². The van der Waals surface area contributed by atoms with Crippen LogP contribution in [0.15, 0.2) is 24.4 Å². The Morgan fingerprint density at radius 2 is 1.83 bits per heavy atom. The molecule has 2 aromatic heterocycles. The molecule has 0 atom stereocenters. The Labute approximate surface area is 102 Å². The Morgan fingerprint density at radius 3 is 2.61 bits per heavy atom. The summed E-state index contributed by atoms with van der Waals surface area (Å²) in [5, 5.41) is 9.32. The number of aromatic nitrogens is 2. The first-order valence-electron chi connectivity index (χ1n) is 5.34. The molecule has 0 saturated carbocycles. The van der Waals surface area contributed by atoms with Crippen LogP contribution in [0.3, 0.4) is 0 Å². The molecule has 0 saturated heterocycles. The fourth-order valence-corrected chi connectivity index (χ4v) is 2.07. The van der Waals surface area contributed by atoms with E-state index in [1.165, 1.54) is 18.3 Å². The van der Waals surface area contributed by atoms with E-state index in [4.69, 9.17) is 0 Å². The second-order valence-corrected chi connectivity index (χ2v) is 4.08. The van der Waals surface area contributed by atoms with Crippen molar-refractivity contribution in [1.82, 2.24) is 9.97 Å². The summed E-state index contributed by atoms with van der Waals surface area (Å²) in [4.78, 5) is 32.2. The molecular weight excluding hydrogens is 232 g/mol. The first-order chi connectivity index (χ1) is 8.59. The summed E-state index contributed by atoms with van der Waals surface area (Å²) in [6.45, 7) is 1.74. The van der Waals surface area contributed by atoms with Crippen LogP contribution in [0.5, 0.6) is 5.88 Å². The van der Waals surface area contributed by atoms with E-state index in [2.05, 4.69) is 9.97 Å². The number of nitrogens with zero attached hydrogens (tertiary/aromatic N) is 2. The number of pyridine rings is 2. The van der Waals surface area contributed by atoms with Gasteiger partial charge in [0.1, 0.15) is 11.4 Å². The van der Waals surface area contributed by atoms with Crippen LogP contribution < -0.4 is 0 Å². The minimum absolute atomic E-state index is 0.0106. The highest BCUT2D eigenvalue weighted by Gasteiger charge is 2.33. The summed E-state index contributed by atoms with van der Waals surface area (Å²) in [5.74, 6) is -0.989. The fraction of sp³-hybridized carbons (Fsp3) is 0.0769. The molecule has 2 aromatic rings. The molecule has 2 heterocycles. The number of rotatable bonds is 0. The Balaban J connectivity index is 2.36. The maximum atomic E-state index is 12.3. The van der Waals surface area contributed by atoms with E-state index in [-0.39, 0.29) is 40.0 Å². The van der Waals surface area contributed by atoms with Gasteiger partial charge in [-0.05, 0) is 24.6 Å². The SMILES string of the molecule is Cc1ccnc2c1C(=O)c1nc(O)ccc1C2=O. The van der Waals surface area contributed by atoms with Gasteiger partial charge in [0.2, 0.25) is 17.4 Å². The van der Waals surface area contributed by atoms with Crippen molar-refractivity contribution in [3.8, 4) is 5.88 Å². The first kappa shape index (κ1) is 10.6. The average molecular weight is 240 g/mol. The lowest BCUT2D eigenvalue weighted by molar-refractivity contribution is 0.0970. The zero-order valence-electron chi connectivity index (χ0n) is 9.47. The summed E-state index contributed by atoms with van der Waals surface area (Å²) in [7, 11) is 0. The van der Waals surface area contributed by atoms with Gasteiger partial charge in [-0.15, -0.1) is 0 Å². The third kappa shape index (κ3) is 1.27. The lowest BCUT2D eigenvalue weighted by atomic mass is 9.88. The van der Waals surface area contributed by atoms with Gasteiger partial charge in [0.25, 0.3) is 0 Å². The lowest BCUT2D eigenvalue weighted by Crippen LogP contribution is -2.24. The van der Waals surface area contributed by atoms with Gasteiger partial charge in [-0.3, -0.25) is 14.6 Å². The van der Waals surface area contributed by atoms with Crippen LogP contribution in [0.1, 0.15) is 37.7 Å². The topological polar surface area (TPSA) is 80.2 Å². The minimum atomic E-state index is -0.374. The average Bonchev–Trinajstić information content (AvgIpc) is 2.35. The zero-order valence-corrected chi connectivity index (χ0v) is 9.47. The van der Waals surface area contributed by atoms with E-state index in [9.17, 15) is 14.7 Å². The van der Waals surface area contributed by atoms with Crippen molar-refractivity contribution in [3.63, 3.8) is 0 Å². The molecule has 0 aliphatic heterocycles. The monoisotopic (exact) mass is 240 g/mol. The van der Waals surface area contributed by atoms with Gasteiger partial charge in [-0.2, -0.15) is 0 Å². The van der Waals surface area contributed by atoms with Crippen LogP contribution >= 0.6 is 0 Å². The predicted octanol–water partition coefficient (Wildman–Crippen LogP) is 1.27. The van der Waals surface area contributed by atoms with Crippen LogP contribution in [0.25, 0.3) is 0 Å². The summed E-state index contributed by atoms with van der Waals surface area (Å²) in [6, 6.07) is 4.34. The number of hydrogen-bond donors (Lipinski definition) is 1. The molecule has 1 N–H and O–H groups in total. The van der Waals surface area contributed by atoms with Gasteiger partial charge in [0.15, 0.2) is 0 Å². The number of carbonyl (C=O) groups is 2. The highest BCUT2D eigenvalue weighted by Crippen LogP contribution is 2.27. The van der Waals surface area contributed by atoms with E-state index in [0.717, 1.165) is 0 Å². The van der Waals surface area contributed by atoms with Crippen molar-refractivity contribution < 1.29 is 14.7 Å². The van der Waals surface area contributed by atoms with Crippen molar-refractivity contribution in [1.29, 1.82) is 0 Å². The van der Waals surface area contributed by atoms with E-state index in [1.807, 2.05) is 0 Å². The molecule has 1 aliphatic rings. The third-order valence-corrected chi connectivity index (χ3v) is 2.94. The van der Waals surface area contributed by atoms with Crippen LogP contribution in [0.4, 0.5) is 0 Å². The quantitative estimate of drug-likeness (QED) is 0.640. The molecule has 0 aromatic carbocycles. The summed E-state index contributed by atoms with van der Waals surface area (Å²) in [5.41, 5.74) is 1.27. The van der Waals surface area contributed by atoms with Crippen molar-refractivity contribution in [2.24, 2.45) is 0 Å². The van der Waals surface area contributed by atoms with Crippen molar-refractivity contribution >= 4 is 11.6 Å². The predicted molar refractivity (Wildman–Crippen MR) is 61.7 cm³/mol. The Hall–Kier alpha value is -2.56. The van der Waals surface area contributed by atoms with Gasteiger partial charge in [-0.1, -0.05) is 0 Å². The molecule has 0 amide bonds. The number of carbonyl (C=O) groups excluding carboxylic acids is 2. The Bertz CT molecular complexity index is 707. The Kier molecular flexibility index (Phi) is 2.04. The largest absolute Gasteiger partial charge is 0.493 e. The van der Waals surface area contributed by atoms with Crippen molar-refractivity contribution in [2.45, 2.75) is 6.92 Å². The highest BCUT2D eigenvalue weighted by atomic mass is 16.3. The smallest absolute Gasteiger partial charge is 0.214 e. The molecule has 5 heteroatoms. The standard InChI is InChI=1S/C13H8N2O3/c1-6-4-5-14-11-9(6)13(18)10-7(12(11)17)2-3-8(16)15-10/h2-5H,1H3,(H,15,16). The molecule has 0 spiro atoms. The summed E-state index contributed by atoms with van der Waals surface area (Å²) >= 11 is 0. The number of aryl methyl sites for hydroxylation is 1. The van der Waals surface area contributed by atoms with E-state index in [0.29, 0.717) is 5.56 Å². The highest BCUT2D eigenvalue weighted by molar-refractivity contribution is 6.27. The van der Waals surface area contributed by atoms with E-state index >= 15 is 0 Å². The molecule has 1 aliphatic carbocycles. The maximum absolute atomic E-state index is 12.3. The molecule has 0 bridgehead atoms. The molecule has 0 fully saturated rings. The summed E-state index contributed by atoms with van der Waals surface area (Å²) in [6.07, 6.45) is 1.50. The summed E-state index contributed by atoms with van der Waals surface area (Å²) < 4.78 is 0. The first-order valence-corrected chi connectivity index (χ1v) is 5.34. The molecule has 0 unspecified atom stereocenters. The maximum Gasteiger partial charge on any atom is 0.214 e. The van der Waals surface area contributed by atoms with Gasteiger partial charge in [-0.25, -0.2) is 4.98 Å². The molecule has 0 radical (unpaired) electrons. The van der Waals surface area contributed by atoms with Crippen LogP contribution in [0.2, 0.25) is 0 Å². The normalized spacial score (nSPS) is 13.2. The molecule has 88 valence electrons. The third-order valence-electron chi connectivity index (χ3n) is 2.94. The lowest BCUT2D eigenvalue weighted by Gasteiger charge is -2.16. The number of aromatic hydroxyl groups is 1. The van der Waals surface area contributed by atoms with Gasteiger partial charge in [0.05, 0.1) is 11.1 Å². The molecular formula is C13H8N2O3. The van der Waals surface area contributed by atoms with Gasteiger partial charge < -0.3 is 5.11 Å². The number of hydrogen-bond acceptors (Lipinski definition) is 5. The molecule has 18 heavy (non-hydrogen) atoms. The second kappa shape index (κ2) is 3.46. The fourth-order valence-electron chi connectivity index (χ4n) is 2.07. The zero-order chi connectivity index (χ0) is 12.9. The Morgan fingerprint density at radius 1 is 1.06 bits per heavy atom. The van der Waals surface area contributed by atoms with Gasteiger partial charge >= 0.3 is 0 Å². The number of fused-ring (bicyclic) bond motifs is 2. The van der Waals surface area contributed by atoms with Gasteiger partial charge in [0, 0.05) is 12.3 Å². The number of ketones is 2. The van der Waals surface area contributed by atoms with Crippen LogP contribution in [0, 0.1) is 6.92 Å².